The van der Waals surface area contributed by atoms with Crippen LogP contribution < -0.4 is 0 Å². The number of piperazine rings is 1. The van der Waals surface area contributed by atoms with Crippen molar-refractivity contribution in [2.45, 2.75) is 19.4 Å². The van der Waals surface area contributed by atoms with Crippen LogP contribution in [0.25, 0.3) is 22.0 Å². The van der Waals surface area contributed by atoms with E-state index >= 15 is 0 Å². The summed E-state index contributed by atoms with van der Waals surface area (Å²) >= 11 is 7.79. The monoisotopic (exact) mass is 493 g/mol. The number of hydrogen-bond acceptors (Lipinski definition) is 7. The summed E-state index contributed by atoms with van der Waals surface area (Å²) in [4.78, 5) is 26.3. The molecule has 1 aliphatic heterocycles. The van der Waals surface area contributed by atoms with Gasteiger partial charge in [0.25, 0.3) is 0 Å². The molecule has 0 saturated carbocycles. The Morgan fingerprint density at radius 2 is 1.79 bits per heavy atom. The molecule has 2 aromatic heterocycles. The Labute approximate surface area is 207 Å². The molecule has 3 heterocycles. The van der Waals surface area contributed by atoms with Gasteiger partial charge < -0.3 is 9.42 Å². The fraction of sp³-hybridized carbons (Fsp3) is 0.280. The summed E-state index contributed by atoms with van der Waals surface area (Å²) in [6.45, 7) is 4.87. The quantitative estimate of drug-likeness (QED) is 0.378. The molecule has 9 heteroatoms. The lowest BCUT2D eigenvalue weighted by molar-refractivity contribution is -0.132. The van der Waals surface area contributed by atoms with Gasteiger partial charge in [-0.05, 0) is 13.0 Å². The Kier molecular flexibility index (Phi) is 6.71. The summed E-state index contributed by atoms with van der Waals surface area (Å²) in [7, 11) is 0. The van der Waals surface area contributed by atoms with Gasteiger partial charge in [-0.3, -0.25) is 9.69 Å². The summed E-state index contributed by atoms with van der Waals surface area (Å²) in [5.41, 5.74) is 2.60. The maximum Gasteiger partial charge on any atom is 0.244 e. The molecule has 0 N–H and O–H groups in total. The summed E-state index contributed by atoms with van der Waals surface area (Å²) in [6.07, 6.45) is 0.292. The van der Waals surface area contributed by atoms with Crippen LogP contribution in [0.2, 0.25) is 5.02 Å². The van der Waals surface area contributed by atoms with E-state index in [0.717, 1.165) is 34.9 Å². The molecule has 0 radical (unpaired) electrons. The average Bonchev–Trinajstić information content (AvgIpc) is 3.55. The molecule has 0 aliphatic carbocycles. The van der Waals surface area contributed by atoms with Gasteiger partial charge in [-0.15, -0.1) is 11.3 Å². The lowest BCUT2D eigenvalue weighted by atomic mass is 10.2. The van der Waals surface area contributed by atoms with Gasteiger partial charge in [0.2, 0.25) is 17.6 Å². The fourth-order valence-electron chi connectivity index (χ4n) is 4.04. The molecular weight excluding hydrogens is 470 g/mol. The van der Waals surface area contributed by atoms with E-state index in [4.69, 9.17) is 16.1 Å². The molecule has 1 aliphatic rings. The lowest BCUT2D eigenvalue weighted by Crippen LogP contribution is -2.49. The molecule has 0 bridgehead atoms. The lowest BCUT2D eigenvalue weighted by Gasteiger charge is -2.36. The Morgan fingerprint density at radius 3 is 2.56 bits per heavy atom. The van der Waals surface area contributed by atoms with Gasteiger partial charge in [0.05, 0.1) is 23.2 Å². The number of rotatable bonds is 6. The third-order valence-electron chi connectivity index (χ3n) is 6.03. The van der Waals surface area contributed by atoms with Gasteiger partial charge in [0, 0.05) is 42.7 Å². The van der Waals surface area contributed by atoms with Crippen molar-refractivity contribution in [3.63, 3.8) is 0 Å². The number of carbonyl (C=O) groups excluding carboxylic acids is 1. The molecule has 1 unspecified atom stereocenters. The standard InChI is InChI=1S/C25H24ClN5O2S/c1-17(24-28-23(29-33-24)18-7-3-2-4-8-18)30-11-13-31(14-12-30)22(32)15-19-16-34-25(27-19)20-9-5-6-10-21(20)26/h2-10,16-17H,11-15H2,1H3. The van der Waals surface area contributed by atoms with Gasteiger partial charge >= 0.3 is 0 Å². The van der Waals surface area contributed by atoms with Crippen LogP contribution in [0.15, 0.2) is 64.5 Å². The first-order valence-electron chi connectivity index (χ1n) is 11.2. The van der Waals surface area contributed by atoms with Crippen LogP contribution in [0.3, 0.4) is 0 Å². The SMILES string of the molecule is CC(c1nc(-c2ccccc2)no1)N1CCN(C(=O)Cc2csc(-c3ccccc3Cl)n2)CC1. The zero-order valence-electron chi connectivity index (χ0n) is 18.7. The zero-order chi connectivity index (χ0) is 23.5. The number of benzene rings is 2. The van der Waals surface area contributed by atoms with E-state index in [9.17, 15) is 4.79 Å². The van der Waals surface area contributed by atoms with Crippen molar-refractivity contribution in [2.75, 3.05) is 26.2 Å². The van der Waals surface area contributed by atoms with E-state index in [1.807, 2.05) is 64.9 Å². The number of aromatic nitrogens is 3. The van der Waals surface area contributed by atoms with Crippen molar-refractivity contribution in [2.24, 2.45) is 0 Å². The van der Waals surface area contributed by atoms with Crippen molar-refractivity contribution in [1.29, 1.82) is 0 Å². The minimum Gasteiger partial charge on any atom is -0.340 e. The maximum absolute atomic E-state index is 12.9. The second kappa shape index (κ2) is 10.0. The van der Waals surface area contributed by atoms with E-state index < -0.39 is 0 Å². The van der Waals surface area contributed by atoms with Crippen LogP contribution in [0.5, 0.6) is 0 Å². The Bertz CT molecular complexity index is 1270. The van der Waals surface area contributed by atoms with Gasteiger partial charge in [0.1, 0.15) is 5.01 Å². The number of thiazole rings is 1. The second-order valence-corrected chi connectivity index (χ2v) is 9.48. The summed E-state index contributed by atoms with van der Waals surface area (Å²) in [6, 6.07) is 17.4. The highest BCUT2D eigenvalue weighted by atomic mass is 35.5. The van der Waals surface area contributed by atoms with Crippen LogP contribution in [-0.2, 0) is 11.2 Å². The van der Waals surface area contributed by atoms with Crippen LogP contribution in [0.4, 0.5) is 0 Å². The molecule has 4 aromatic rings. The van der Waals surface area contributed by atoms with Crippen LogP contribution in [0, 0.1) is 0 Å². The first-order chi connectivity index (χ1) is 16.6. The molecular formula is C25H24ClN5O2S. The minimum absolute atomic E-state index is 0.0149. The summed E-state index contributed by atoms with van der Waals surface area (Å²) in [5.74, 6) is 1.27. The molecule has 7 nitrogen and oxygen atoms in total. The summed E-state index contributed by atoms with van der Waals surface area (Å²) in [5, 5.41) is 7.57. The molecule has 174 valence electrons. The van der Waals surface area contributed by atoms with Crippen molar-refractivity contribution in [3.05, 3.63) is 76.6 Å². The molecule has 1 atom stereocenters. The maximum atomic E-state index is 12.9. The number of halogens is 1. The molecule has 1 amide bonds. The van der Waals surface area contributed by atoms with Gasteiger partial charge in [-0.1, -0.05) is 65.3 Å². The normalized spacial score (nSPS) is 15.4. The van der Waals surface area contributed by atoms with E-state index in [1.165, 1.54) is 11.3 Å². The zero-order valence-corrected chi connectivity index (χ0v) is 20.3. The van der Waals surface area contributed by atoms with E-state index in [0.29, 0.717) is 36.2 Å². The molecule has 1 saturated heterocycles. The number of hydrogen-bond donors (Lipinski definition) is 0. The van der Waals surface area contributed by atoms with Crippen molar-refractivity contribution in [3.8, 4) is 22.0 Å². The van der Waals surface area contributed by atoms with Gasteiger partial charge in [-0.25, -0.2) is 4.98 Å². The topological polar surface area (TPSA) is 75.4 Å². The van der Waals surface area contributed by atoms with Crippen molar-refractivity contribution in [1.82, 2.24) is 24.9 Å². The van der Waals surface area contributed by atoms with Crippen LogP contribution in [-0.4, -0.2) is 57.0 Å². The first-order valence-corrected chi connectivity index (χ1v) is 12.4. The van der Waals surface area contributed by atoms with E-state index in [-0.39, 0.29) is 11.9 Å². The molecule has 34 heavy (non-hydrogen) atoms. The van der Waals surface area contributed by atoms with E-state index in [2.05, 4.69) is 26.9 Å². The predicted molar refractivity (Wildman–Crippen MR) is 133 cm³/mol. The largest absolute Gasteiger partial charge is 0.340 e. The average molecular weight is 494 g/mol. The van der Waals surface area contributed by atoms with Crippen molar-refractivity contribution < 1.29 is 9.32 Å². The molecule has 0 spiro atoms. The number of amides is 1. The Hall–Kier alpha value is -3.07. The second-order valence-electron chi connectivity index (χ2n) is 8.22. The highest BCUT2D eigenvalue weighted by Gasteiger charge is 2.28. The fourth-order valence-corrected chi connectivity index (χ4v) is 5.18. The third kappa shape index (κ3) is 4.89. The van der Waals surface area contributed by atoms with Crippen LogP contribution in [0.1, 0.15) is 24.6 Å². The summed E-state index contributed by atoms with van der Waals surface area (Å²) < 4.78 is 5.53. The van der Waals surface area contributed by atoms with Crippen molar-refractivity contribution >= 4 is 28.8 Å². The van der Waals surface area contributed by atoms with E-state index in [1.54, 1.807) is 0 Å². The van der Waals surface area contributed by atoms with Gasteiger partial charge in [0.15, 0.2) is 0 Å². The predicted octanol–water partition coefficient (Wildman–Crippen LogP) is 4.96. The van der Waals surface area contributed by atoms with Crippen LogP contribution >= 0.6 is 22.9 Å². The number of carbonyl (C=O) groups is 1. The molecule has 2 aromatic carbocycles. The third-order valence-corrected chi connectivity index (χ3v) is 7.29. The Balaban J connectivity index is 1.16. The highest BCUT2D eigenvalue weighted by molar-refractivity contribution is 7.13. The minimum atomic E-state index is -0.0149. The molecule has 5 rings (SSSR count). The number of nitrogens with zero attached hydrogens (tertiary/aromatic N) is 5. The Morgan fingerprint density at radius 1 is 1.06 bits per heavy atom. The van der Waals surface area contributed by atoms with Gasteiger partial charge in [-0.2, -0.15) is 4.98 Å². The first kappa shape index (κ1) is 22.7. The molecule has 1 fully saturated rings. The highest BCUT2D eigenvalue weighted by Crippen LogP contribution is 2.30. The smallest absolute Gasteiger partial charge is 0.244 e.